The van der Waals surface area contributed by atoms with Crippen molar-refractivity contribution in [3.63, 3.8) is 0 Å². The van der Waals surface area contributed by atoms with Crippen LogP contribution in [0.3, 0.4) is 0 Å². The number of fused-ring (bicyclic) bond motifs is 1. The van der Waals surface area contributed by atoms with Gasteiger partial charge in [0.15, 0.2) is 9.84 Å². The summed E-state index contributed by atoms with van der Waals surface area (Å²) in [4.78, 5) is 17.2. The molecular weight excluding hydrogens is 502 g/mol. The first kappa shape index (κ1) is 24.8. The van der Waals surface area contributed by atoms with E-state index in [9.17, 15) is 18.3 Å². The van der Waals surface area contributed by atoms with Crippen LogP contribution < -0.4 is 5.32 Å². The van der Waals surface area contributed by atoms with Crippen LogP contribution in [-0.2, 0) is 29.2 Å². The summed E-state index contributed by atoms with van der Waals surface area (Å²) >= 11 is 0. The number of carbonyl (C=O) groups excluding carboxylic acids is 1. The Balaban J connectivity index is 1.44. The summed E-state index contributed by atoms with van der Waals surface area (Å²) in [6, 6.07) is 16.0. The molecule has 0 aliphatic heterocycles. The first-order valence-corrected chi connectivity index (χ1v) is 13.3. The van der Waals surface area contributed by atoms with Crippen LogP contribution in [0, 0.1) is 11.8 Å². The molecule has 5 aromatic rings. The van der Waals surface area contributed by atoms with Crippen LogP contribution in [-0.4, -0.2) is 38.6 Å². The second kappa shape index (κ2) is 10.2. The van der Waals surface area contributed by atoms with Crippen molar-refractivity contribution in [2.45, 2.75) is 17.2 Å². The number of nitrogens with zero attached hydrogens (tertiary/aromatic N) is 4. The fraction of sp³-hybridized carbons (Fsp3) is 0.107. The predicted molar refractivity (Wildman–Crippen MR) is 141 cm³/mol. The Bertz CT molecular complexity index is 1810. The zero-order chi connectivity index (χ0) is 26.7. The van der Waals surface area contributed by atoms with Crippen molar-refractivity contribution in [1.82, 2.24) is 24.5 Å². The molecule has 1 amide bonds. The Morgan fingerprint density at radius 2 is 1.82 bits per heavy atom. The Kier molecular flexibility index (Phi) is 6.68. The van der Waals surface area contributed by atoms with E-state index in [-0.39, 0.29) is 40.0 Å². The van der Waals surface area contributed by atoms with Gasteiger partial charge in [0, 0.05) is 55.1 Å². The van der Waals surface area contributed by atoms with Gasteiger partial charge in [-0.05, 0) is 66.2 Å². The molecule has 9 nitrogen and oxygen atoms in total. The van der Waals surface area contributed by atoms with Gasteiger partial charge in [0.05, 0.1) is 16.3 Å². The largest absolute Gasteiger partial charge is 0.508 e. The third kappa shape index (κ3) is 5.58. The van der Waals surface area contributed by atoms with E-state index in [0.29, 0.717) is 11.3 Å². The number of aromatic nitrogens is 4. The number of rotatable bonds is 6. The summed E-state index contributed by atoms with van der Waals surface area (Å²) in [5, 5.41) is 16.6. The molecule has 2 N–H and O–H groups in total. The standard InChI is InChI=1S/C28H23N5O4S/c1-32-13-11-24(31-32)19-38(36,37)26-9-6-23(17-22(26)5-2-20-3-7-25(34)8-4-20)28(35)30-18-21-10-14-33-15-12-29-27(33)16-21/h3-4,6-17,34H,18-19H2,1H3,(H,30,35). The van der Waals surface area contributed by atoms with Crippen molar-refractivity contribution in [3.05, 3.63) is 113 Å². The van der Waals surface area contributed by atoms with Crippen LogP contribution in [0.4, 0.5) is 0 Å². The molecule has 0 atom stereocenters. The van der Waals surface area contributed by atoms with Crippen LogP contribution in [0.25, 0.3) is 5.65 Å². The molecule has 5 rings (SSSR count). The van der Waals surface area contributed by atoms with Gasteiger partial charge in [0.1, 0.15) is 11.4 Å². The number of aryl methyl sites for hydroxylation is 1. The quantitative estimate of drug-likeness (QED) is 0.329. The first-order valence-electron chi connectivity index (χ1n) is 11.6. The lowest BCUT2D eigenvalue weighted by Gasteiger charge is -2.10. The monoisotopic (exact) mass is 525 g/mol. The lowest BCUT2D eigenvalue weighted by molar-refractivity contribution is 0.0950. The Morgan fingerprint density at radius 1 is 1.00 bits per heavy atom. The number of benzene rings is 2. The van der Waals surface area contributed by atoms with Crippen molar-refractivity contribution in [2.75, 3.05) is 0 Å². The molecular formula is C28H23N5O4S. The summed E-state index contributed by atoms with van der Waals surface area (Å²) in [6.45, 7) is 0.274. The molecule has 0 aliphatic carbocycles. The molecule has 10 heteroatoms. The normalized spacial score (nSPS) is 11.2. The number of sulfone groups is 1. The van der Waals surface area contributed by atoms with E-state index >= 15 is 0 Å². The second-order valence-electron chi connectivity index (χ2n) is 8.66. The molecule has 0 radical (unpaired) electrons. The average molecular weight is 526 g/mol. The highest BCUT2D eigenvalue weighted by Gasteiger charge is 2.22. The van der Waals surface area contributed by atoms with Crippen LogP contribution in [0.1, 0.15) is 32.7 Å². The lowest BCUT2D eigenvalue weighted by Crippen LogP contribution is -2.23. The van der Waals surface area contributed by atoms with Crippen molar-refractivity contribution >= 4 is 21.4 Å². The molecule has 0 saturated heterocycles. The molecule has 190 valence electrons. The smallest absolute Gasteiger partial charge is 0.251 e. The maximum absolute atomic E-state index is 13.3. The van der Waals surface area contributed by atoms with Gasteiger partial charge in [-0.3, -0.25) is 9.48 Å². The maximum atomic E-state index is 13.3. The third-order valence-electron chi connectivity index (χ3n) is 5.81. The molecule has 3 heterocycles. The number of phenols is 1. The Morgan fingerprint density at radius 3 is 2.58 bits per heavy atom. The molecule has 0 saturated carbocycles. The number of pyridine rings is 1. The number of nitrogens with one attached hydrogen (secondary N) is 1. The van der Waals surface area contributed by atoms with Gasteiger partial charge in [-0.25, -0.2) is 13.4 Å². The molecule has 0 unspecified atom stereocenters. The SMILES string of the molecule is Cn1ccc(CS(=O)(=O)c2ccc(C(=O)NCc3ccn4ccnc4c3)cc2C#Cc2ccc(O)cc2)n1. The van der Waals surface area contributed by atoms with Gasteiger partial charge < -0.3 is 14.8 Å². The molecule has 2 aromatic carbocycles. The minimum Gasteiger partial charge on any atom is -0.508 e. The number of carbonyl (C=O) groups is 1. The molecule has 3 aromatic heterocycles. The van der Waals surface area contributed by atoms with Gasteiger partial charge in [0.25, 0.3) is 5.91 Å². The number of amides is 1. The highest BCUT2D eigenvalue weighted by atomic mass is 32.2. The predicted octanol–water partition coefficient (Wildman–Crippen LogP) is 3.08. The van der Waals surface area contributed by atoms with Crippen LogP contribution in [0.15, 0.2) is 90.3 Å². The topological polar surface area (TPSA) is 119 Å². The van der Waals surface area contributed by atoms with Gasteiger partial charge >= 0.3 is 0 Å². The average Bonchev–Trinajstić information content (AvgIpc) is 3.54. The Labute approximate surface area is 219 Å². The Hall–Kier alpha value is -4.88. The summed E-state index contributed by atoms with van der Waals surface area (Å²) < 4.78 is 30.0. The van der Waals surface area contributed by atoms with E-state index in [1.807, 2.05) is 28.9 Å². The maximum Gasteiger partial charge on any atom is 0.251 e. The molecule has 0 aliphatic rings. The van der Waals surface area contributed by atoms with Crippen molar-refractivity contribution < 1.29 is 18.3 Å². The lowest BCUT2D eigenvalue weighted by atomic mass is 10.1. The summed E-state index contributed by atoms with van der Waals surface area (Å²) in [5.41, 5.74) is 3.10. The summed E-state index contributed by atoms with van der Waals surface area (Å²) in [5.74, 6) is 5.25. The van der Waals surface area contributed by atoms with Crippen molar-refractivity contribution in [3.8, 4) is 17.6 Å². The van der Waals surface area contributed by atoms with Gasteiger partial charge in [-0.1, -0.05) is 11.8 Å². The number of imidazole rings is 1. The number of hydrogen-bond acceptors (Lipinski definition) is 6. The second-order valence-corrected chi connectivity index (χ2v) is 10.6. The summed E-state index contributed by atoms with van der Waals surface area (Å²) in [6.07, 6.45) is 7.07. The number of aromatic hydroxyl groups is 1. The highest BCUT2D eigenvalue weighted by Crippen LogP contribution is 2.22. The van der Waals surface area contributed by atoms with Crippen molar-refractivity contribution in [1.29, 1.82) is 0 Å². The van der Waals surface area contributed by atoms with E-state index in [2.05, 4.69) is 27.2 Å². The van der Waals surface area contributed by atoms with E-state index in [1.165, 1.54) is 35.0 Å². The molecule has 0 fully saturated rings. The zero-order valence-electron chi connectivity index (χ0n) is 20.4. The van der Waals surface area contributed by atoms with E-state index in [0.717, 1.165) is 11.2 Å². The van der Waals surface area contributed by atoms with Crippen LogP contribution in [0.5, 0.6) is 5.75 Å². The van der Waals surface area contributed by atoms with Gasteiger partial charge in [-0.2, -0.15) is 5.10 Å². The van der Waals surface area contributed by atoms with Crippen molar-refractivity contribution in [2.24, 2.45) is 7.05 Å². The molecule has 38 heavy (non-hydrogen) atoms. The first-order chi connectivity index (χ1) is 18.3. The zero-order valence-corrected chi connectivity index (χ0v) is 21.2. The minimum absolute atomic E-state index is 0.00994. The number of phenolic OH excluding ortho intramolecular Hbond substituents is 1. The molecule has 0 spiro atoms. The van der Waals surface area contributed by atoms with Gasteiger partial charge in [0.2, 0.25) is 0 Å². The van der Waals surface area contributed by atoms with Gasteiger partial charge in [-0.15, -0.1) is 0 Å². The fourth-order valence-corrected chi connectivity index (χ4v) is 5.30. The summed E-state index contributed by atoms with van der Waals surface area (Å²) in [7, 11) is -2.10. The highest BCUT2D eigenvalue weighted by molar-refractivity contribution is 7.90. The molecule has 0 bridgehead atoms. The van der Waals surface area contributed by atoms with E-state index < -0.39 is 9.84 Å². The van der Waals surface area contributed by atoms with E-state index in [4.69, 9.17) is 0 Å². The number of hydrogen-bond donors (Lipinski definition) is 2. The van der Waals surface area contributed by atoms with E-state index in [1.54, 1.807) is 37.6 Å². The minimum atomic E-state index is -3.81. The van der Waals surface area contributed by atoms with Crippen LogP contribution in [0.2, 0.25) is 0 Å². The van der Waals surface area contributed by atoms with Crippen LogP contribution >= 0.6 is 0 Å². The third-order valence-corrected chi connectivity index (χ3v) is 7.51. The fourth-order valence-electron chi connectivity index (χ4n) is 3.88.